The zero-order chi connectivity index (χ0) is 18.5. The summed E-state index contributed by atoms with van der Waals surface area (Å²) in [6, 6.07) is 14.9. The first kappa shape index (κ1) is 18.5. The van der Waals surface area contributed by atoms with Gasteiger partial charge < -0.3 is 14.9 Å². The average Bonchev–Trinajstić information content (AvgIpc) is 2.64. The minimum Gasteiger partial charge on any atom is -0.508 e. The van der Waals surface area contributed by atoms with E-state index in [4.69, 9.17) is 11.6 Å². The lowest BCUT2D eigenvalue weighted by molar-refractivity contribution is -0.132. The number of phenolic OH excluding ortho intramolecular Hbond substituents is 1. The van der Waals surface area contributed by atoms with E-state index in [0.29, 0.717) is 26.2 Å². The minimum absolute atomic E-state index is 0.143. The van der Waals surface area contributed by atoms with Gasteiger partial charge in [0.15, 0.2) is 0 Å². The van der Waals surface area contributed by atoms with Crippen LogP contribution in [0.25, 0.3) is 0 Å². The van der Waals surface area contributed by atoms with Crippen LogP contribution in [-0.2, 0) is 11.3 Å². The molecule has 26 heavy (non-hydrogen) atoms. The first-order valence-electron chi connectivity index (χ1n) is 8.76. The Morgan fingerprint density at radius 3 is 2.38 bits per heavy atom. The highest BCUT2D eigenvalue weighted by atomic mass is 35.5. The summed E-state index contributed by atoms with van der Waals surface area (Å²) < 4.78 is 0. The van der Waals surface area contributed by atoms with E-state index in [2.05, 4.69) is 4.90 Å². The van der Waals surface area contributed by atoms with Crippen LogP contribution in [0.1, 0.15) is 5.56 Å². The number of nitrogens with zero attached hydrogens (tertiary/aromatic N) is 3. The number of aromatic hydroxyl groups is 1. The number of rotatable bonds is 5. The molecule has 0 bridgehead atoms. The third-order valence-electron chi connectivity index (χ3n) is 4.65. The van der Waals surface area contributed by atoms with E-state index in [0.717, 1.165) is 29.4 Å². The number of halogens is 1. The normalized spacial score (nSPS) is 14.7. The van der Waals surface area contributed by atoms with Crippen molar-refractivity contribution in [2.24, 2.45) is 0 Å². The molecule has 2 aromatic rings. The van der Waals surface area contributed by atoms with Crippen LogP contribution in [0, 0.1) is 0 Å². The second-order valence-corrected chi connectivity index (χ2v) is 7.06. The number of hydrogen-bond donors (Lipinski definition) is 1. The monoisotopic (exact) mass is 373 g/mol. The molecule has 1 aliphatic heterocycles. The van der Waals surface area contributed by atoms with Crippen molar-refractivity contribution in [2.75, 3.05) is 44.7 Å². The molecule has 0 spiro atoms. The van der Waals surface area contributed by atoms with Crippen molar-refractivity contribution in [2.45, 2.75) is 6.54 Å². The maximum Gasteiger partial charge on any atom is 0.236 e. The number of hydrogen-bond acceptors (Lipinski definition) is 4. The quantitative estimate of drug-likeness (QED) is 0.875. The molecule has 2 aromatic carbocycles. The highest BCUT2D eigenvalue weighted by Crippen LogP contribution is 2.20. The topological polar surface area (TPSA) is 47.0 Å². The Hall–Kier alpha value is -2.24. The third kappa shape index (κ3) is 4.68. The summed E-state index contributed by atoms with van der Waals surface area (Å²) in [5.74, 6) is 0.411. The second-order valence-electron chi connectivity index (χ2n) is 6.65. The molecule has 3 rings (SSSR count). The standard InChI is InChI=1S/C20H24ClN3O2/c1-22(14-16-4-2-3-5-19(16)21)15-20(26)24-12-10-23(11-13-24)17-6-8-18(25)9-7-17/h2-9,25H,10-15H2,1H3. The molecule has 1 aliphatic rings. The van der Waals surface area contributed by atoms with E-state index < -0.39 is 0 Å². The van der Waals surface area contributed by atoms with Gasteiger partial charge in [0.05, 0.1) is 6.54 Å². The molecule has 1 fully saturated rings. The molecular weight excluding hydrogens is 350 g/mol. The highest BCUT2D eigenvalue weighted by Gasteiger charge is 2.22. The molecule has 0 saturated carbocycles. The molecule has 138 valence electrons. The zero-order valence-corrected chi connectivity index (χ0v) is 15.7. The van der Waals surface area contributed by atoms with Gasteiger partial charge in [0.2, 0.25) is 5.91 Å². The lowest BCUT2D eigenvalue weighted by atomic mass is 10.2. The van der Waals surface area contributed by atoms with E-state index in [1.54, 1.807) is 12.1 Å². The van der Waals surface area contributed by atoms with Crippen molar-refractivity contribution in [1.29, 1.82) is 0 Å². The lowest BCUT2D eigenvalue weighted by Gasteiger charge is -2.36. The van der Waals surface area contributed by atoms with Crippen molar-refractivity contribution in [3.05, 3.63) is 59.1 Å². The maximum atomic E-state index is 12.6. The van der Waals surface area contributed by atoms with Gasteiger partial charge in [-0.25, -0.2) is 0 Å². The van der Waals surface area contributed by atoms with Crippen molar-refractivity contribution in [3.8, 4) is 5.75 Å². The Morgan fingerprint density at radius 1 is 1.08 bits per heavy atom. The molecule has 0 unspecified atom stereocenters. The number of likely N-dealkylation sites (N-methyl/N-ethyl adjacent to an activating group) is 1. The van der Waals surface area contributed by atoms with Crippen molar-refractivity contribution in [3.63, 3.8) is 0 Å². The number of piperazine rings is 1. The van der Waals surface area contributed by atoms with Crippen LogP contribution < -0.4 is 4.90 Å². The van der Waals surface area contributed by atoms with E-state index in [1.807, 2.05) is 53.2 Å². The second kappa shape index (κ2) is 8.43. The fraction of sp³-hybridized carbons (Fsp3) is 0.350. The van der Waals surface area contributed by atoms with Crippen molar-refractivity contribution in [1.82, 2.24) is 9.80 Å². The van der Waals surface area contributed by atoms with Crippen LogP contribution >= 0.6 is 11.6 Å². The highest BCUT2D eigenvalue weighted by molar-refractivity contribution is 6.31. The first-order valence-corrected chi connectivity index (χ1v) is 9.14. The molecule has 0 atom stereocenters. The molecule has 6 heteroatoms. The molecule has 0 aromatic heterocycles. The Labute approximate surface area is 159 Å². The fourth-order valence-corrected chi connectivity index (χ4v) is 3.38. The molecule has 1 amide bonds. The Bertz CT molecular complexity index is 743. The smallest absolute Gasteiger partial charge is 0.236 e. The predicted octanol–water partition coefficient (Wildman–Crippen LogP) is 2.83. The predicted molar refractivity (Wildman–Crippen MR) is 105 cm³/mol. The summed E-state index contributed by atoms with van der Waals surface area (Å²) in [7, 11) is 1.94. The molecule has 1 N–H and O–H groups in total. The van der Waals surface area contributed by atoms with Crippen LogP contribution in [-0.4, -0.2) is 60.6 Å². The van der Waals surface area contributed by atoms with Gasteiger partial charge in [-0.2, -0.15) is 0 Å². The number of phenols is 1. The largest absolute Gasteiger partial charge is 0.508 e. The average molecular weight is 374 g/mol. The summed E-state index contributed by atoms with van der Waals surface area (Å²) in [5, 5.41) is 10.1. The number of anilines is 1. The molecule has 0 radical (unpaired) electrons. The van der Waals surface area contributed by atoms with Gasteiger partial charge in [-0.15, -0.1) is 0 Å². The Morgan fingerprint density at radius 2 is 1.73 bits per heavy atom. The summed E-state index contributed by atoms with van der Waals surface area (Å²) >= 11 is 6.19. The van der Waals surface area contributed by atoms with Gasteiger partial charge in [0, 0.05) is 43.4 Å². The minimum atomic E-state index is 0.143. The van der Waals surface area contributed by atoms with Crippen molar-refractivity contribution < 1.29 is 9.90 Å². The molecular formula is C20H24ClN3O2. The first-order chi connectivity index (χ1) is 12.5. The van der Waals surface area contributed by atoms with Gasteiger partial charge >= 0.3 is 0 Å². The van der Waals surface area contributed by atoms with Gasteiger partial charge in [0.1, 0.15) is 5.75 Å². The molecule has 1 saturated heterocycles. The Balaban J connectivity index is 1.49. The number of carbonyl (C=O) groups is 1. The fourth-order valence-electron chi connectivity index (χ4n) is 3.18. The lowest BCUT2D eigenvalue weighted by Crippen LogP contribution is -2.51. The van der Waals surface area contributed by atoms with Crippen molar-refractivity contribution >= 4 is 23.2 Å². The van der Waals surface area contributed by atoms with Crippen LogP contribution in [0.4, 0.5) is 5.69 Å². The van der Waals surface area contributed by atoms with Gasteiger partial charge in [-0.05, 0) is 42.9 Å². The Kier molecular flexibility index (Phi) is 6.01. The molecule has 0 aliphatic carbocycles. The number of amides is 1. The number of carbonyl (C=O) groups excluding carboxylic acids is 1. The third-order valence-corrected chi connectivity index (χ3v) is 5.02. The van der Waals surface area contributed by atoms with Gasteiger partial charge in [-0.1, -0.05) is 29.8 Å². The molecule has 1 heterocycles. The van der Waals surface area contributed by atoms with Crippen LogP contribution in [0.5, 0.6) is 5.75 Å². The maximum absolute atomic E-state index is 12.6. The van der Waals surface area contributed by atoms with E-state index in [9.17, 15) is 9.90 Å². The summed E-state index contributed by atoms with van der Waals surface area (Å²) in [6.45, 7) is 4.04. The SMILES string of the molecule is CN(CC(=O)N1CCN(c2ccc(O)cc2)CC1)Cc1ccccc1Cl. The number of benzene rings is 2. The van der Waals surface area contributed by atoms with Crippen LogP contribution in [0.3, 0.4) is 0 Å². The summed E-state index contributed by atoms with van der Waals surface area (Å²) in [5.41, 5.74) is 2.10. The van der Waals surface area contributed by atoms with E-state index >= 15 is 0 Å². The zero-order valence-electron chi connectivity index (χ0n) is 14.9. The van der Waals surface area contributed by atoms with E-state index in [-0.39, 0.29) is 11.7 Å². The summed E-state index contributed by atoms with van der Waals surface area (Å²) in [6.07, 6.45) is 0. The molecule has 5 nitrogen and oxygen atoms in total. The van der Waals surface area contributed by atoms with Gasteiger partial charge in [-0.3, -0.25) is 9.69 Å². The van der Waals surface area contributed by atoms with Crippen LogP contribution in [0.15, 0.2) is 48.5 Å². The van der Waals surface area contributed by atoms with E-state index in [1.165, 1.54) is 0 Å². The summed E-state index contributed by atoms with van der Waals surface area (Å²) in [4.78, 5) is 18.7. The van der Waals surface area contributed by atoms with Gasteiger partial charge in [0.25, 0.3) is 0 Å². The van der Waals surface area contributed by atoms with Crippen LogP contribution in [0.2, 0.25) is 5.02 Å².